The van der Waals surface area contributed by atoms with Crippen LogP contribution in [-0.4, -0.2) is 22.4 Å². The van der Waals surface area contributed by atoms with Gasteiger partial charge in [0.2, 0.25) is 0 Å². The Morgan fingerprint density at radius 1 is 0.862 bits per heavy atom. The van der Waals surface area contributed by atoms with Gasteiger partial charge in [0.05, 0.1) is 18.0 Å². The molecule has 3 aromatic carbocycles. The lowest BCUT2D eigenvalue weighted by molar-refractivity contribution is 0.0518. The lowest BCUT2D eigenvalue weighted by Gasteiger charge is -2.13. The van der Waals surface area contributed by atoms with E-state index in [0.717, 1.165) is 33.6 Å². The molecule has 1 aromatic heterocycles. The molecule has 0 fully saturated rings. The molecule has 4 heteroatoms. The summed E-state index contributed by atoms with van der Waals surface area (Å²) >= 11 is 0. The van der Waals surface area contributed by atoms with Gasteiger partial charge in [0.25, 0.3) is 0 Å². The van der Waals surface area contributed by atoms with E-state index in [9.17, 15) is 4.79 Å². The second-order valence-electron chi connectivity index (χ2n) is 6.70. The van der Waals surface area contributed by atoms with Gasteiger partial charge >= 0.3 is 5.97 Å². The van der Waals surface area contributed by atoms with Crippen LogP contribution in [0.4, 0.5) is 0 Å². The average Bonchev–Trinajstić information content (AvgIpc) is 3.12. The van der Waals surface area contributed by atoms with Gasteiger partial charge in [-0.1, -0.05) is 78.9 Å². The van der Waals surface area contributed by atoms with Crippen LogP contribution < -0.4 is 0 Å². The molecule has 0 aliphatic heterocycles. The number of hydrogen-bond donors (Lipinski definition) is 0. The fourth-order valence-corrected chi connectivity index (χ4v) is 3.52. The minimum Gasteiger partial charge on any atom is -0.461 e. The summed E-state index contributed by atoms with van der Waals surface area (Å²) in [6.45, 7) is 4.03. The highest BCUT2D eigenvalue weighted by Gasteiger charge is 2.24. The number of carbonyl (C=O) groups is 1. The molecule has 29 heavy (non-hydrogen) atoms. The van der Waals surface area contributed by atoms with E-state index >= 15 is 0 Å². The van der Waals surface area contributed by atoms with Crippen LogP contribution in [0.15, 0.2) is 84.9 Å². The number of benzene rings is 3. The zero-order valence-electron chi connectivity index (χ0n) is 16.5. The summed E-state index contributed by atoms with van der Waals surface area (Å²) in [6, 6.07) is 28.3. The molecule has 1 heterocycles. The molecule has 0 bridgehead atoms. The Bertz CT molecular complexity index is 1130. The number of carbonyl (C=O) groups excluding carboxylic acids is 1. The van der Waals surface area contributed by atoms with E-state index in [4.69, 9.17) is 9.84 Å². The molecule has 0 atom stereocenters. The highest BCUT2D eigenvalue weighted by atomic mass is 16.5. The first kappa shape index (κ1) is 18.7. The maximum absolute atomic E-state index is 12.6. The molecule has 4 nitrogen and oxygen atoms in total. The van der Waals surface area contributed by atoms with Crippen molar-refractivity contribution in [1.29, 1.82) is 0 Å². The normalized spacial score (nSPS) is 10.7. The molecule has 144 valence electrons. The molecule has 0 spiro atoms. The van der Waals surface area contributed by atoms with Gasteiger partial charge in [-0.25, -0.2) is 9.48 Å². The number of rotatable bonds is 5. The van der Waals surface area contributed by atoms with Crippen LogP contribution in [0.25, 0.3) is 28.1 Å². The van der Waals surface area contributed by atoms with Crippen LogP contribution in [0.1, 0.15) is 23.0 Å². The zero-order chi connectivity index (χ0) is 20.2. The first-order valence-electron chi connectivity index (χ1n) is 9.67. The topological polar surface area (TPSA) is 44.1 Å². The lowest BCUT2D eigenvalue weighted by Crippen LogP contribution is -2.08. The van der Waals surface area contributed by atoms with Gasteiger partial charge in [-0.05, 0) is 25.5 Å². The molecular weight excluding hydrogens is 360 g/mol. The molecule has 0 radical (unpaired) electrons. The number of ether oxygens (including phenoxy) is 1. The summed E-state index contributed by atoms with van der Waals surface area (Å²) in [5.74, 6) is -0.405. The van der Waals surface area contributed by atoms with E-state index in [-0.39, 0.29) is 0 Å². The maximum atomic E-state index is 12.6. The number of nitrogens with zero attached hydrogens (tertiary/aromatic N) is 2. The highest BCUT2D eigenvalue weighted by Crippen LogP contribution is 2.33. The minimum absolute atomic E-state index is 0.312. The first-order valence-corrected chi connectivity index (χ1v) is 9.67. The summed E-state index contributed by atoms with van der Waals surface area (Å²) in [5.41, 5.74) is 6.08. The predicted molar refractivity (Wildman–Crippen MR) is 115 cm³/mol. The molecular formula is C25H22N2O2. The van der Waals surface area contributed by atoms with Crippen molar-refractivity contribution < 1.29 is 9.53 Å². The minimum atomic E-state index is -0.405. The lowest BCUT2D eigenvalue weighted by atomic mass is 10.0. The average molecular weight is 382 g/mol. The monoisotopic (exact) mass is 382 g/mol. The molecule has 0 unspecified atom stereocenters. The summed E-state index contributed by atoms with van der Waals surface area (Å²) in [7, 11) is 0. The Labute approximate surface area is 170 Å². The third-order valence-electron chi connectivity index (χ3n) is 4.86. The van der Waals surface area contributed by atoms with Crippen molar-refractivity contribution in [2.45, 2.75) is 13.8 Å². The summed E-state index contributed by atoms with van der Waals surface area (Å²) in [6.07, 6.45) is 0. The van der Waals surface area contributed by atoms with E-state index in [1.807, 2.05) is 78.3 Å². The Kier molecular flexibility index (Phi) is 5.25. The van der Waals surface area contributed by atoms with Crippen LogP contribution in [0.3, 0.4) is 0 Å². The highest BCUT2D eigenvalue weighted by molar-refractivity contribution is 5.92. The molecule has 0 N–H and O–H groups in total. The Morgan fingerprint density at radius 2 is 1.45 bits per heavy atom. The Hall–Kier alpha value is -3.66. The predicted octanol–water partition coefficient (Wildman–Crippen LogP) is 5.69. The van der Waals surface area contributed by atoms with Gasteiger partial charge in [-0.15, -0.1) is 0 Å². The molecule has 0 saturated carbocycles. The van der Waals surface area contributed by atoms with E-state index < -0.39 is 5.97 Å². The quantitative estimate of drug-likeness (QED) is 0.416. The summed E-state index contributed by atoms with van der Waals surface area (Å²) in [5, 5.41) is 4.70. The van der Waals surface area contributed by atoms with Crippen molar-refractivity contribution in [2.75, 3.05) is 6.61 Å². The molecule has 4 aromatic rings. The van der Waals surface area contributed by atoms with Crippen molar-refractivity contribution in [2.24, 2.45) is 0 Å². The number of hydrogen-bond acceptors (Lipinski definition) is 3. The fourth-order valence-electron chi connectivity index (χ4n) is 3.52. The van der Waals surface area contributed by atoms with Crippen molar-refractivity contribution >= 4 is 5.97 Å². The first-order chi connectivity index (χ1) is 14.2. The SMILES string of the molecule is CCOC(=O)c1nn(-c2ccccc2-c2ccccc2)c(-c2ccccc2)c1C. The fraction of sp³-hybridized carbons (Fsp3) is 0.120. The van der Waals surface area contributed by atoms with Crippen LogP contribution in [0, 0.1) is 6.92 Å². The van der Waals surface area contributed by atoms with E-state index in [0.29, 0.717) is 12.3 Å². The molecule has 0 aliphatic carbocycles. The smallest absolute Gasteiger partial charge is 0.359 e. The van der Waals surface area contributed by atoms with Crippen molar-refractivity contribution in [1.82, 2.24) is 9.78 Å². The zero-order valence-corrected chi connectivity index (χ0v) is 16.5. The third-order valence-corrected chi connectivity index (χ3v) is 4.86. The molecule has 0 aliphatic rings. The Balaban J connectivity index is 1.98. The number of aromatic nitrogens is 2. The van der Waals surface area contributed by atoms with Gasteiger partial charge in [0.1, 0.15) is 0 Å². The van der Waals surface area contributed by atoms with Crippen LogP contribution in [0.5, 0.6) is 0 Å². The molecule has 0 amide bonds. The van der Waals surface area contributed by atoms with Crippen molar-refractivity contribution in [3.8, 4) is 28.1 Å². The van der Waals surface area contributed by atoms with Crippen molar-refractivity contribution in [3.05, 3.63) is 96.2 Å². The summed E-state index contributed by atoms with van der Waals surface area (Å²) in [4.78, 5) is 12.6. The van der Waals surface area contributed by atoms with Crippen LogP contribution >= 0.6 is 0 Å². The standard InChI is InChI=1S/C25H22N2O2/c1-3-29-25(28)23-18(2)24(20-14-8-5-9-15-20)27(26-23)22-17-11-10-16-21(22)19-12-6-4-7-13-19/h4-17H,3H2,1-2H3. The largest absolute Gasteiger partial charge is 0.461 e. The van der Waals surface area contributed by atoms with Gasteiger partial charge in [0, 0.05) is 16.7 Å². The van der Waals surface area contributed by atoms with Gasteiger partial charge in [-0.2, -0.15) is 5.10 Å². The van der Waals surface area contributed by atoms with E-state index in [1.54, 1.807) is 6.92 Å². The third kappa shape index (κ3) is 3.57. The van der Waals surface area contributed by atoms with Gasteiger partial charge < -0.3 is 4.74 Å². The van der Waals surface area contributed by atoms with Crippen LogP contribution in [0.2, 0.25) is 0 Å². The molecule has 4 rings (SSSR count). The Morgan fingerprint density at radius 3 is 2.10 bits per heavy atom. The molecule has 0 saturated heterocycles. The summed E-state index contributed by atoms with van der Waals surface area (Å²) < 4.78 is 7.11. The number of esters is 1. The van der Waals surface area contributed by atoms with Gasteiger partial charge in [0.15, 0.2) is 5.69 Å². The van der Waals surface area contributed by atoms with Crippen molar-refractivity contribution in [3.63, 3.8) is 0 Å². The second-order valence-corrected chi connectivity index (χ2v) is 6.70. The maximum Gasteiger partial charge on any atom is 0.359 e. The van der Waals surface area contributed by atoms with Gasteiger partial charge in [-0.3, -0.25) is 0 Å². The second kappa shape index (κ2) is 8.15. The van der Waals surface area contributed by atoms with Crippen LogP contribution in [-0.2, 0) is 4.74 Å². The number of para-hydroxylation sites is 1. The van der Waals surface area contributed by atoms with E-state index in [2.05, 4.69) is 18.2 Å². The van der Waals surface area contributed by atoms with E-state index in [1.165, 1.54) is 0 Å².